The van der Waals surface area contributed by atoms with Gasteiger partial charge in [-0.05, 0) is 59.5 Å². The van der Waals surface area contributed by atoms with Crippen LogP contribution in [0.1, 0.15) is 51.5 Å². The van der Waals surface area contributed by atoms with Gasteiger partial charge in [-0.25, -0.2) is 4.98 Å². The summed E-state index contributed by atoms with van der Waals surface area (Å²) in [7, 11) is 0. The Morgan fingerprint density at radius 2 is 2.14 bits per heavy atom. The van der Waals surface area contributed by atoms with Gasteiger partial charge >= 0.3 is 0 Å². The quantitative estimate of drug-likeness (QED) is 0.835. The molecular weight excluding hydrogens is 326 g/mol. The van der Waals surface area contributed by atoms with E-state index in [2.05, 4.69) is 46.1 Å². The van der Waals surface area contributed by atoms with E-state index < -0.39 is 0 Å². The maximum atomic E-state index is 4.73. The summed E-state index contributed by atoms with van der Waals surface area (Å²) < 4.78 is 1.08. The van der Waals surface area contributed by atoms with Crippen LogP contribution >= 0.6 is 15.9 Å². The molecule has 21 heavy (non-hydrogen) atoms. The van der Waals surface area contributed by atoms with Crippen LogP contribution in [0.5, 0.6) is 0 Å². The van der Waals surface area contributed by atoms with Gasteiger partial charge in [0.2, 0.25) is 0 Å². The molecule has 2 heterocycles. The Kier molecular flexibility index (Phi) is 4.55. The zero-order chi connectivity index (χ0) is 14.9. The van der Waals surface area contributed by atoms with Crippen LogP contribution in [0.4, 0.5) is 5.82 Å². The predicted molar refractivity (Wildman–Crippen MR) is 91.6 cm³/mol. The van der Waals surface area contributed by atoms with E-state index in [-0.39, 0.29) is 0 Å². The molecule has 1 N–H and O–H groups in total. The number of aromatic nitrogens is 1. The van der Waals surface area contributed by atoms with E-state index in [9.17, 15) is 0 Å². The Hall–Kier alpha value is -0.610. The van der Waals surface area contributed by atoms with Crippen molar-refractivity contribution in [2.75, 3.05) is 18.0 Å². The molecule has 1 aliphatic heterocycles. The topological polar surface area (TPSA) is 28.2 Å². The van der Waals surface area contributed by atoms with Gasteiger partial charge < -0.3 is 10.2 Å². The lowest BCUT2D eigenvalue weighted by Crippen LogP contribution is -2.28. The van der Waals surface area contributed by atoms with Crippen molar-refractivity contribution in [1.29, 1.82) is 0 Å². The Morgan fingerprint density at radius 3 is 2.76 bits per heavy atom. The van der Waals surface area contributed by atoms with Gasteiger partial charge in [-0.3, -0.25) is 0 Å². The monoisotopic (exact) mass is 351 g/mol. The second-order valence-corrected chi connectivity index (χ2v) is 7.59. The SMILES string of the molecule is CCC1(CC)CCN(c2ncc(Br)cc2CNC2CC2)C1. The average Bonchev–Trinajstić information content (AvgIpc) is 3.23. The molecule has 0 amide bonds. The van der Waals surface area contributed by atoms with Crippen molar-refractivity contribution in [2.24, 2.45) is 5.41 Å². The summed E-state index contributed by atoms with van der Waals surface area (Å²) in [4.78, 5) is 7.24. The van der Waals surface area contributed by atoms with Crippen molar-refractivity contribution in [3.63, 3.8) is 0 Å². The first kappa shape index (κ1) is 15.3. The first-order valence-electron chi connectivity index (χ1n) is 8.28. The highest BCUT2D eigenvalue weighted by molar-refractivity contribution is 9.10. The van der Waals surface area contributed by atoms with E-state index in [1.807, 2.05) is 6.20 Å². The summed E-state index contributed by atoms with van der Waals surface area (Å²) >= 11 is 3.57. The van der Waals surface area contributed by atoms with Crippen LogP contribution in [0.2, 0.25) is 0 Å². The van der Waals surface area contributed by atoms with Crippen LogP contribution in [0.25, 0.3) is 0 Å². The van der Waals surface area contributed by atoms with E-state index in [0.717, 1.165) is 30.1 Å². The van der Waals surface area contributed by atoms with E-state index in [4.69, 9.17) is 4.98 Å². The third-order valence-electron chi connectivity index (χ3n) is 5.31. The first-order chi connectivity index (χ1) is 10.2. The fourth-order valence-corrected chi connectivity index (χ4v) is 3.75. The zero-order valence-corrected chi connectivity index (χ0v) is 14.7. The third kappa shape index (κ3) is 3.42. The van der Waals surface area contributed by atoms with Crippen LogP contribution in [0.15, 0.2) is 16.7 Å². The molecule has 0 spiro atoms. The molecule has 0 bridgehead atoms. The van der Waals surface area contributed by atoms with Gasteiger partial charge in [-0.15, -0.1) is 0 Å². The molecule has 1 aromatic heterocycles. The van der Waals surface area contributed by atoms with Gasteiger partial charge in [0.1, 0.15) is 5.82 Å². The van der Waals surface area contributed by atoms with Crippen LogP contribution in [-0.2, 0) is 6.54 Å². The lowest BCUT2D eigenvalue weighted by molar-refractivity contribution is 0.301. The summed E-state index contributed by atoms with van der Waals surface area (Å²) in [5.74, 6) is 1.19. The Morgan fingerprint density at radius 1 is 1.38 bits per heavy atom. The molecule has 0 atom stereocenters. The third-order valence-corrected chi connectivity index (χ3v) is 5.74. The molecule has 3 nitrogen and oxygen atoms in total. The predicted octanol–water partition coefficient (Wildman–Crippen LogP) is 4.11. The van der Waals surface area contributed by atoms with Gasteiger partial charge in [0.05, 0.1) is 0 Å². The molecule has 0 unspecified atom stereocenters. The number of nitrogens with one attached hydrogen (secondary N) is 1. The lowest BCUT2D eigenvalue weighted by atomic mass is 9.82. The molecule has 1 aromatic rings. The second kappa shape index (κ2) is 6.25. The van der Waals surface area contributed by atoms with Crippen LogP contribution in [-0.4, -0.2) is 24.1 Å². The minimum Gasteiger partial charge on any atom is -0.356 e. The molecule has 0 aromatic carbocycles. The van der Waals surface area contributed by atoms with Gasteiger partial charge in [-0.2, -0.15) is 0 Å². The molecule has 116 valence electrons. The van der Waals surface area contributed by atoms with Gasteiger partial charge in [0.25, 0.3) is 0 Å². The maximum absolute atomic E-state index is 4.73. The van der Waals surface area contributed by atoms with Crippen LogP contribution in [0.3, 0.4) is 0 Å². The summed E-state index contributed by atoms with van der Waals surface area (Å²) in [5, 5.41) is 3.63. The number of nitrogens with zero attached hydrogens (tertiary/aromatic N) is 2. The number of hydrogen-bond acceptors (Lipinski definition) is 3. The number of hydrogen-bond donors (Lipinski definition) is 1. The first-order valence-corrected chi connectivity index (χ1v) is 9.08. The number of rotatable bonds is 6. The summed E-state index contributed by atoms with van der Waals surface area (Å²) in [5.41, 5.74) is 1.83. The van der Waals surface area contributed by atoms with Crippen molar-refractivity contribution in [3.05, 3.63) is 22.3 Å². The fraction of sp³-hybridized carbons (Fsp3) is 0.706. The summed E-state index contributed by atoms with van der Waals surface area (Å²) in [6.07, 6.45) is 8.43. The summed E-state index contributed by atoms with van der Waals surface area (Å²) in [6, 6.07) is 2.97. The van der Waals surface area contributed by atoms with Crippen molar-refractivity contribution >= 4 is 21.7 Å². The molecule has 2 fully saturated rings. The smallest absolute Gasteiger partial charge is 0.133 e. The average molecular weight is 352 g/mol. The van der Waals surface area contributed by atoms with E-state index in [1.165, 1.54) is 43.5 Å². The highest BCUT2D eigenvalue weighted by atomic mass is 79.9. The van der Waals surface area contributed by atoms with Gasteiger partial charge in [-0.1, -0.05) is 13.8 Å². The Balaban J connectivity index is 1.77. The normalized spacial score (nSPS) is 21.0. The fourth-order valence-electron chi connectivity index (χ4n) is 3.37. The maximum Gasteiger partial charge on any atom is 0.133 e. The summed E-state index contributed by atoms with van der Waals surface area (Å²) in [6.45, 7) is 7.90. The highest BCUT2D eigenvalue weighted by Gasteiger charge is 2.36. The number of anilines is 1. The second-order valence-electron chi connectivity index (χ2n) is 6.67. The molecule has 2 aliphatic rings. The van der Waals surface area contributed by atoms with Gasteiger partial charge in [0, 0.05) is 41.9 Å². The van der Waals surface area contributed by atoms with Crippen molar-refractivity contribution in [3.8, 4) is 0 Å². The number of halogens is 1. The van der Waals surface area contributed by atoms with E-state index in [0.29, 0.717) is 5.41 Å². The van der Waals surface area contributed by atoms with E-state index in [1.54, 1.807) is 0 Å². The molecule has 1 saturated heterocycles. The van der Waals surface area contributed by atoms with Crippen molar-refractivity contribution in [2.45, 2.75) is 58.5 Å². The molecule has 0 radical (unpaired) electrons. The van der Waals surface area contributed by atoms with Crippen molar-refractivity contribution in [1.82, 2.24) is 10.3 Å². The van der Waals surface area contributed by atoms with Gasteiger partial charge in [0.15, 0.2) is 0 Å². The largest absolute Gasteiger partial charge is 0.356 e. The molecule has 3 rings (SSSR count). The van der Waals surface area contributed by atoms with Crippen molar-refractivity contribution < 1.29 is 0 Å². The molecule has 4 heteroatoms. The van der Waals surface area contributed by atoms with Crippen LogP contribution in [0, 0.1) is 5.41 Å². The minimum atomic E-state index is 0.496. The Labute approximate surface area is 136 Å². The van der Waals surface area contributed by atoms with E-state index >= 15 is 0 Å². The Bertz CT molecular complexity index is 495. The molecule has 1 saturated carbocycles. The van der Waals surface area contributed by atoms with Crippen LogP contribution < -0.4 is 10.2 Å². The molecular formula is C17H26BrN3. The lowest BCUT2D eigenvalue weighted by Gasteiger charge is -2.27. The highest BCUT2D eigenvalue weighted by Crippen LogP contribution is 2.39. The standard InChI is InChI=1S/C17H26BrN3/c1-3-17(4-2)7-8-21(12-17)16-13(9-14(18)11-20-16)10-19-15-5-6-15/h9,11,15,19H,3-8,10,12H2,1-2H3. The molecule has 1 aliphatic carbocycles. The zero-order valence-electron chi connectivity index (χ0n) is 13.2. The minimum absolute atomic E-state index is 0.496. The number of pyridine rings is 1.